The van der Waals surface area contributed by atoms with E-state index in [-0.39, 0.29) is 12.3 Å². The quantitative estimate of drug-likeness (QED) is 0.898. The monoisotopic (exact) mass is 353 g/mol. The molecule has 6 heteroatoms. The number of rotatable bonds is 2. The number of anilines is 1. The van der Waals surface area contributed by atoms with Crippen LogP contribution in [0.4, 0.5) is 5.82 Å². The van der Waals surface area contributed by atoms with Crippen LogP contribution in [0, 0.1) is 12.8 Å². The smallest absolute Gasteiger partial charge is 0.309 e. The van der Waals surface area contributed by atoms with Crippen molar-refractivity contribution < 1.29 is 14.7 Å². The van der Waals surface area contributed by atoms with Crippen molar-refractivity contribution in [1.82, 2.24) is 9.88 Å². The summed E-state index contributed by atoms with van der Waals surface area (Å²) in [6, 6.07) is 10.2. The van der Waals surface area contributed by atoms with Gasteiger partial charge in [0.2, 0.25) is 5.91 Å². The van der Waals surface area contributed by atoms with Crippen molar-refractivity contribution >= 4 is 28.6 Å². The van der Waals surface area contributed by atoms with Crippen molar-refractivity contribution in [2.75, 3.05) is 25.0 Å². The van der Waals surface area contributed by atoms with Gasteiger partial charge >= 0.3 is 5.97 Å². The van der Waals surface area contributed by atoms with Crippen molar-refractivity contribution in [3.05, 3.63) is 35.9 Å². The highest BCUT2D eigenvalue weighted by molar-refractivity contribution is 5.88. The summed E-state index contributed by atoms with van der Waals surface area (Å²) in [6.07, 6.45) is 1.42. The second-order valence-electron chi connectivity index (χ2n) is 7.45. The summed E-state index contributed by atoms with van der Waals surface area (Å²) < 4.78 is 0. The Hall–Kier alpha value is -2.63. The number of carbonyl (C=O) groups excluding carboxylic acids is 1. The number of benzene rings is 1. The number of carboxylic acid groups (broad SMARTS) is 1. The van der Waals surface area contributed by atoms with Gasteiger partial charge in [-0.15, -0.1) is 0 Å². The summed E-state index contributed by atoms with van der Waals surface area (Å²) in [5, 5.41) is 10.7. The number of carbonyl (C=O) groups is 2. The predicted octanol–water partition coefficient (Wildman–Crippen LogP) is 2.45. The van der Waals surface area contributed by atoms with Gasteiger partial charge < -0.3 is 14.9 Å². The highest BCUT2D eigenvalue weighted by atomic mass is 16.4. The van der Waals surface area contributed by atoms with Crippen molar-refractivity contribution in [2.24, 2.45) is 5.92 Å². The van der Waals surface area contributed by atoms with E-state index < -0.39 is 17.4 Å². The molecule has 0 aliphatic carbocycles. The van der Waals surface area contributed by atoms with Crippen molar-refractivity contribution in [2.45, 2.75) is 31.7 Å². The molecule has 2 fully saturated rings. The number of hydrogen-bond donors (Lipinski definition) is 1. The van der Waals surface area contributed by atoms with E-state index in [0.717, 1.165) is 16.7 Å². The SMILES string of the molecule is Cc1cc(N2CCC3(CC2)[C@@H](C(=O)O)CC(=O)N3C)nc2ccccc12. The molecule has 0 radical (unpaired) electrons. The second kappa shape index (κ2) is 5.97. The molecule has 1 N–H and O–H groups in total. The van der Waals surface area contributed by atoms with Gasteiger partial charge in [-0.05, 0) is 37.5 Å². The molecule has 2 saturated heterocycles. The van der Waals surface area contributed by atoms with E-state index in [0.29, 0.717) is 25.9 Å². The standard InChI is InChI=1S/C20H23N3O3/c1-13-11-17(21-16-6-4-3-5-14(13)16)23-9-7-20(8-10-23)15(19(25)26)12-18(24)22(20)2/h3-6,11,15H,7-10,12H2,1-2H3,(H,25,26)/t15-/m1/s1. The number of amides is 1. The lowest BCUT2D eigenvalue weighted by Crippen LogP contribution is -2.56. The van der Waals surface area contributed by atoms with Gasteiger partial charge in [-0.1, -0.05) is 18.2 Å². The fraction of sp³-hybridized carbons (Fsp3) is 0.450. The van der Waals surface area contributed by atoms with Crippen molar-refractivity contribution in [3.63, 3.8) is 0 Å². The molecule has 26 heavy (non-hydrogen) atoms. The normalized spacial score (nSPS) is 22.4. The fourth-order valence-corrected chi connectivity index (χ4v) is 4.60. The van der Waals surface area contributed by atoms with E-state index in [4.69, 9.17) is 4.98 Å². The van der Waals surface area contributed by atoms with Gasteiger partial charge in [0.1, 0.15) is 5.82 Å². The number of aromatic nitrogens is 1. The molecule has 3 heterocycles. The summed E-state index contributed by atoms with van der Waals surface area (Å²) in [7, 11) is 1.75. The predicted molar refractivity (Wildman–Crippen MR) is 99.2 cm³/mol. The van der Waals surface area contributed by atoms with Crippen LogP contribution in [0.3, 0.4) is 0 Å². The molecule has 1 aromatic heterocycles. The number of carboxylic acids is 1. The molecule has 136 valence electrons. The Morgan fingerprint density at radius 3 is 2.65 bits per heavy atom. The molecule has 4 rings (SSSR count). The zero-order valence-corrected chi connectivity index (χ0v) is 15.1. The molecular formula is C20H23N3O3. The summed E-state index contributed by atoms with van der Waals surface area (Å²) in [5.41, 5.74) is 1.59. The number of pyridine rings is 1. The van der Waals surface area contributed by atoms with Crippen molar-refractivity contribution in [3.8, 4) is 0 Å². The lowest BCUT2D eigenvalue weighted by atomic mass is 9.77. The third-order valence-corrected chi connectivity index (χ3v) is 6.23. The van der Waals surface area contributed by atoms with E-state index in [9.17, 15) is 14.7 Å². The zero-order chi connectivity index (χ0) is 18.5. The number of hydrogen-bond acceptors (Lipinski definition) is 4. The van der Waals surface area contributed by atoms with Crippen LogP contribution in [0.1, 0.15) is 24.8 Å². The van der Waals surface area contributed by atoms with E-state index in [2.05, 4.69) is 24.0 Å². The molecule has 1 aromatic carbocycles. The van der Waals surface area contributed by atoms with E-state index in [1.807, 2.05) is 18.2 Å². The number of aliphatic carboxylic acids is 1. The topological polar surface area (TPSA) is 73.7 Å². The molecule has 1 spiro atoms. The molecule has 0 bridgehead atoms. The Labute approximate surface area is 152 Å². The van der Waals surface area contributed by atoms with Crippen LogP contribution in [0.5, 0.6) is 0 Å². The van der Waals surface area contributed by atoms with Crippen LogP contribution >= 0.6 is 0 Å². The first-order valence-electron chi connectivity index (χ1n) is 9.03. The summed E-state index contributed by atoms with van der Waals surface area (Å²) in [5.74, 6) is -0.621. The molecule has 6 nitrogen and oxygen atoms in total. The third kappa shape index (κ3) is 2.43. The first-order chi connectivity index (χ1) is 12.4. The van der Waals surface area contributed by atoms with Gasteiger partial charge in [0.15, 0.2) is 0 Å². The van der Waals surface area contributed by atoms with E-state index in [1.54, 1.807) is 11.9 Å². The molecule has 1 atom stereocenters. The Morgan fingerprint density at radius 2 is 1.96 bits per heavy atom. The van der Waals surface area contributed by atoms with E-state index in [1.165, 1.54) is 5.56 Å². The lowest BCUT2D eigenvalue weighted by Gasteiger charge is -2.45. The molecule has 0 saturated carbocycles. The number of likely N-dealkylation sites (tertiary alicyclic amines) is 1. The Morgan fingerprint density at radius 1 is 1.27 bits per heavy atom. The largest absolute Gasteiger partial charge is 0.481 e. The maximum atomic E-state index is 12.1. The maximum absolute atomic E-state index is 12.1. The second-order valence-corrected chi connectivity index (χ2v) is 7.45. The number of fused-ring (bicyclic) bond motifs is 1. The van der Waals surface area contributed by atoms with Crippen LogP contribution in [0.25, 0.3) is 10.9 Å². The highest BCUT2D eigenvalue weighted by Crippen LogP contribution is 2.43. The lowest BCUT2D eigenvalue weighted by molar-refractivity contribution is -0.145. The average Bonchev–Trinajstić information content (AvgIpc) is 2.88. The number of para-hydroxylation sites is 1. The molecule has 1 amide bonds. The van der Waals surface area contributed by atoms with Crippen LogP contribution < -0.4 is 4.90 Å². The number of nitrogens with zero attached hydrogens (tertiary/aromatic N) is 3. The maximum Gasteiger partial charge on any atom is 0.309 e. The first-order valence-corrected chi connectivity index (χ1v) is 9.03. The van der Waals surface area contributed by atoms with Gasteiger partial charge in [-0.2, -0.15) is 0 Å². The van der Waals surface area contributed by atoms with Crippen LogP contribution in [0.2, 0.25) is 0 Å². The first kappa shape index (κ1) is 16.8. The Balaban J connectivity index is 1.61. The minimum absolute atomic E-state index is 0.0643. The highest BCUT2D eigenvalue weighted by Gasteiger charge is 2.55. The summed E-state index contributed by atoms with van der Waals surface area (Å²) in [6.45, 7) is 3.49. The Kier molecular flexibility index (Phi) is 3.86. The van der Waals surface area contributed by atoms with Gasteiger partial charge in [0.25, 0.3) is 0 Å². The zero-order valence-electron chi connectivity index (χ0n) is 15.1. The number of aryl methyl sites for hydroxylation is 1. The Bertz CT molecular complexity index is 887. The van der Waals surface area contributed by atoms with Crippen molar-refractivity contribution in [1.29, 1.82) is 0 Å². The van der Waals surface area contributed by atoms with Crippen LogP contribution in [-0.2, 0) is 9.59 Å². The molecule has 2 aliphatic rings. The molecule has 2 aromatic rings. The fourth-order valence-electron chi connectivity index (χ4n) is 4.60. The van der Waals surface area contributed by atoms with Gasteiger partial charge in [0, 0.05) is 31.9 Å². The molecular weight excluding hydrogens is 330 g/mol. The molecule has 2 aliphatic heterocycles. The minimum Gasteiger partial charge on any atom is -0.481 e. The average molecular weight is 353 g/mol. The minimum atomic E-state index is -0.865. The summed E-state index contributed by atoms with van der Waals surface area (Å²) >= 11 is 0. The van der Waals surface area contributed by atoms with Gasteiger partial charge in [0.05, 0.1) is 17.0 Å². The van der Waals surface area contributed by atoms with Crippen LogP contribution in [0.15, 0.2) is 30.3 Å². The van der Waals surface area contributed by atoms with E-state index >= 15 is 0 Å². The van der Waals surface area contributed by atoms with Gasteiger partial charge in [-0.25, -0.2) is 4.98 Å². The molecule has 0 unspecified atom stereocenters. The van der Waals surface area contributed by atoms with Gasteiger partial charge in [-0.3, -0.25) is 9.59 Å². The van der Waals surface area contributed by atoms with Crippen LogP contribution in [-0.4, -0.2) is 52.5 Å². The summed E-state index contributed by atoms with van der Waals surface area (Å²) in [4.78, 5) is 32.5. The number of piperidine rings is 1. The third-order valence-electron chi connectivity index (χ3n) is 6.23.